The molecule has 21 heavy (non-hydrogen) atoms. The number of carbonyl (C=O) groups is 1. The molecular formula is C14H12FN3O3. The number of nitrogen functional groups attached to an aromatic ring is 1. The number of benzene rings is 2. The van der Waals surface area contributed by atoms with Gasteiger partial charge in [0.2, 0.25) is 0 Å². The molecule has 0 bridgehead atoms. The SMILES string of the molecule is Nc1ccc(C(=O)NCc2ccccc2[N+](=O)[O-])c(F)c1. The molecule has 1 amide bonds. The third-order valence-corrected chi connectivity index (χ3v) is 2.87. The lowest BCUT2D eigenvalue weighted by molar-refractivity contribution is -0.385. The van der Waals surface area contributed by atoms with Crippen molar-refractivity contribution in [2.24, 2.45) is 0 Å². The van der Waals surface area contributed by atoms with Crippen molar-refractivity contribution in [3.63, 3.8) is 0 Å². The van der Waals surface area contributed by atoms with E-state index in [0.29, 0.717) is 5.56 Å². The number of anilines is 1. The summed E-state index contributed by atoms with van der Waals surface area (Å²) in [6, 6.07) is 9.73. The summed E-state index contributed by atoms with van der Waals surface area (Å²) in [5.74, 6) is -1.40. The highest BCUT2D eigenvalue weighted by Gasteiger charge is 2.15. The molecule has 0 aliphatic carbocycles. The summed E-state index contributed by atoms with van der Waals surface area (Å²) in [5.41, 5.74) is 5.68. The van der Waals surface area contributed by atoms with Crippen LogP contribution in [0.2, 0.25) is 0 Å². The number of hydrogen-bond acceptors (Lipinski definition) is 4. The molecule has 2 rings (SSSR count). The Morgan fingerprint density at radius 1 is 1.29 bits per heavy atom. The van der Waals surface area contributed by atoms with Crippen molar-refractivity contribution in [3.05, 3.63) is 69.5 Å². The van der Waals surface area contributed by atoms with E-state index < -0.39 is 16.6 Å². The fourth-order valence-corrected chi connectivity index (χ4v) is 1.82. The number of nitrogens with zero attached hydrogens (tertiary/aromatic N) is 1. The fourth-order valence-electron chi connectivity index (χ4n) is 1.82. The molecule has 0 heterocycles. The minimum Gasteiger partial charge on any atom is -0.399 e. The Hall–Kier alpha value is -2.96. The van der Waals surface area contributed by atoms with Crippen molar-refractivity contribution in [3.8, 4) is 0 Å². The lowest BCUT2D eigenvalue weighted by Crippen LogP contribution is -2.24. The zero-order valence-electron chi connectivity index (χ0n) is 10.9. The number of rotatable bonds is 4. The van der Waals surface area contributed by atoms with Gasteiger partial charge < -0.3 is 11.1 Å². The van der Waals surface area contributed by atoms with Crippen molar-refractivity contribution >= 4 is 17.3 Å². The number of halogens is 1. The molecular weight excluding hydrogens is 277 g/mol. The summed E-state index contributed by atoms with van der Waals surface area (Å²) in [4.78, 5) is 22.2. The molecule has 0 spiro atoms. The molecule has 0 saturated heterocycles. The van der Waals surface area contributed by atoms with Gasteiger partial charge in [0.15, 0.2) is 0 Å². The quantitative estimate of drug-likeness (QED) is 0.512. The molecule has 0 aromatic heterocycles. The average molecular weight is 289 g/mol. The van der Waals surface area contributed by atoms with Crippen molar-refractivity contribution in [1.82, 2.24) is 5.32 Å². The standard InChI is InChI=1S/C14H12FN3O3/c15-12-7-10(16)5-6-11(12)14(19)17-8-9-3-1-2-4-13(9)18(20)21/h1-7H,8,16H2,(H,17,19). The molecule has 7 heteroatoms. The van der Waals surface area contributed by atoms with Gasteiger partial charge in [-0.3, -0.25) is 14.9 Å². The van der Waals surface area contributed by atoms with E-state index >= 15 is 0 Å². The first kappa shape index (κ1) is 14.4. The Morgan fingerprint density at radius 2 is 2.00 bits per heavy atom. The van der Waals surface area contributed by atoms with E-state index in [1.807, 2.05) is 0 Å². The largest absolute Gasteiger partial charge is 0.399 e. The number of nitro benzene ring substituents is 1. The van der Waals surface area contributed by atoms with Gasteiger partial charge in [-0.1, -0.05) is 18.2 Å². The Labute approximate surface area is 119 Å². The first-order valence-corrected chi connectivity index (χ1v) is 6.04. The van der Waals surface area contributed by atoms with E-state index in [1.165, 1.54) is 30.3 Å². The van der Waals surface area contributed by atoms with Crippen LogP contribution in [0.25, 0.3) is 0 Å². The van der Waals surface area contributed by atoms with Crippen LogP contribution in [0.3, 0.4) is 0 Å². The topological polar surface area (TPSA) is 98.3 Å². The highest BCUT2D eigenvalue weighted by atomic mass is 19.1. The summed E-state index contributed by atoms with van der Waals surface area (Å²) < 4.78 is 13.6. The number of para-hydroxylation sites is 1. The van der Waals surface area contributed by atoms with Crippen molar-refractivity contribution in [2.75, 3.05) is 5.73 Å². The molecule has 0 aliphatic rings. The monoisotopic (exact) mass is 289 g/mol. The zero-order valence-corrected chi connectivity index (χ0v) is 10.9. The number of nitrogens with two attached hydrogens (primary N) is 1. The lowest BCUT2D eigenvalue weighted by Gasteiger charge is -2.07. The Bertz CT molecular complexity index is 704. The zero-order chi connectivity index (χ0) is 15.4. The molecule has 3 N–H and O–H groups in total. The van der Waals surface area contributed by atoms with Crippen LogP contribution in [-0.4, -0.2) is 10.8 Å². The predicted molar refractivity (Wildman–Crippen MR) is 75.1 cm³/mol. The van der Waals surface area contributed by atoms with Crippen LogP contribution in [0.5, 0.6) is 0 Å². The minimum absolute atomic E-state index is 0.0696. The molecule has 108 valence electrons. The second-order valence-corrected chi connectivity index (χ2v) is 4.31. The third-order valence-electron chi connectivity index (χ3n) is 2.87. The van der Waals surface area contributed by atoms with E-state index in [1.54, 1.807) is 6.07 Å². The maximum absolute atomic E-state index is 13.6. The third kappa shape index (κ3) is 3.33. The maximum atomic E-state index is 13.6. The second kappa shape index (κ2) is 6.00. The number of carbonyl (C=O) groups excluding carboxylic acids is 1. The van der Waals surface area contributed by atoms with Crippen LogP contribution in [0, 0.1) is 15.9 Å². The van der Waals surface area contributed by atoms with Gasteiger partial charge in [-0.25, -0.2) is 4.39 Å². The van der Waals surface area contributed by atoms with E-state index in [0.717, 1.165) is 6.07 Å². The summed E-state index contributed by atoms with van der Waals surface area (Å²) in [6.07, 6.45) is 0. The first-order valence-electron chi connectivity index (χ1n) is 6.04. The van der Waals surface area contributed by atoms with Gasteiger partial charge in [-0.05, 0) is 18.2 Å². The Balaban J connectivity index is 2.13. The van der Waals surface area contributed by atoms with Crippen molar-refractivity contribution in [2.45, 2.75) is 6.54 Å². The van der Waals surface area contributed by atoms with Gasteiger partial charge in [-0.2, -0.15) is 0 Å². The van der Waals surface area contributed by atoms with Crippen LogP contribution in [0.1, 0.15) is 15.9 Å². The van der Waals surface area contributed by atoms with Gasteiger partial charge >= 0.3 is 0 Å². The van der Waals surface area contributed by atoms with Crippen LogP contribution in [0.15, 0.2) is 42.5 Å². The van der Waals surface area contributed by atoms with Gasteiger partial charge in [-0.15, -0.1) is 0 Å². The first-order chi connectivity index (χ1) is 9.99. The molecule has 0 aliphatic heterocycles. The highest BCUT2D eigenvalue weighted by Crippen LogP contribution is 2.18. The van der Waals surface area contributed by atoms with E-state index in [4.69, 9.17) is 5.73 Å². The van der Waals surface area contributed by atoms with Crippen molar-refractivity contribution < 1.29 is 14.1 Å². The number of nitro groups is 1. The van der Waals surface area contributed by atoms with E-state index in [-0.39, 0.29) is 23.5 Å². The minimum atomic E-state index is -0.741. The normalized spacial score (nSPS) is 10.1. The fraction of sp³-hybridized carbons (Fsp3) is 0.0714. The van der Waals surface area contributed by atoms with Crippen LogP contribution >= 0.6 is 0 Å². The molecule has 0 radical (unpaired) electrons. The summed E-state index contributed by atoms with van der Waals surface area (Å²) >= 11 is 0. The average Bonchev–Trinajstić information content (AvgIpc) is 2.45. The number of amides is 1. The van der Waals surface area contributed by atoms with E-state index in [9.17, 15) is 19.3 Å². The Kier molecular flexibility index (Phi) is 4.13. The molecule has 0 unspecified atom stereocenters. The molecule has 0 fully saturated rings. The lowest BCUT2D eigenvalue weighted by atomic mass is 10.1. The summed E-state index contributed by atoms with van der Waals surface area (Å²) in [7, 11) is 0. The van der Waals surface area contributed by atoms with Gasteiger partial charge in [0, 0.05) is 23.9 Å². The molecule has 2 aromatic carbocycles. The van der Waals surface area contributed by atoms with Crippen LogP contribution in [-0.2, 0) is 6.54 Å². The maximum Gasteiger partial charge on any atom is 0.274 e. The van der Waals surface area contributed by atoms with Crippen LogP contribution < -0.4 is 11.1 Å². The van der Waals surface area contributed by atoms with Gasteiger partial charge in [0.25, 0.3) is 11.6 Å². The summed E-state index contributed by atoms with van der Waals surface area (Å²) in [5, 5.41) is 13.3. The molecule has 6 nitrogen and oxygen atoms in total. The Morgan fingerprint density at radius 3 is 2.67 bits per heavy atom. The summed E-state index contributed by atoms with van der Waals surface area (Å²) in [6.45, 7) is -0.0696. The number of hydrogen-bond donors (Lipinski definition) is 2. The second-order valence-electron chi connectivity index (χ2n) is 4.31. The highest BCUT2D eigenvalue weighted by molar-refractivity contribution is 5.94. The molecule has 0 atom stereocenters. The van der Waals surface area contributed by atoms with Crippen molar-refractivity contribution in [1.29, 1.82) is 0 Å². The predicted octanol–water partition coefficient (Wildman–Crippen LogP) is 2.25. The van der Waals surface area contributed by atoms with Gasteiger partial charge in [0.05, 0.1) is 10.5 Å². The van der Waals surface area contributed by atoms with E-state index in [2.05, 4.69) is 5.32 Å². The van der Waals surface area contributed by atoms with Gasteiger partial charge in [0.1, 0.15) is 5.82 Å². The van der Waals surface area contributed by atoms with Crippen LogP contribution in [0.4, 0.5) is 15.8 Å². The molecule has 0 saturated carbocycles. The smallest absolute Gasteiger partial charge is 0.274 e. The number of nitrogens with one attached hydrogen (secondary N) is 1. The molecule has 2 aromatic rings.